The highest BCUT2D eigenvalue weighted by atomic mass is 16.7. The summed E-state index contributed by atoms with van der Waals surface area (Å²) in [4.78, 5) is 17.7. The van der Waals surface area contributed by atoms with Crippen LogP contribution in [0.25, 0.3) is 0 Å². The number of carbonyl (C=O) groups is 1. The van der Waals surface area contributed by atoms with Gasteiger partial charge in [-0.25, -0.2) is 5.06 Å². The molecule has 1 N–H and O–H groups in total. The normalized spacial score (nSPS) is 31.1. The molecule has 2 aliphatic heterocycles. The zero-order valence-electron chi connectivity index (χ0n) is 9.42. The van der Waals surface area contributed by atoms with E-state index in [9.17, 15) is 4.79 Å². The van der Waals surface area contributed by atoms with Gasteiger partial charge in [-0.1, -0.05) is 13.3 Å². The van der Waals surface area contributed by atoms with Gasteiger partial charge in [0.05, 0.1) is 18.6 Å². The van der Waals surface area contributed by atoms with Gasteiger partial charge in [0.25, 0.3) is 5.91 Å². The molecule has 2 saturated heterocycles. The van der Waals surface area contributed by atoms with Gasteiger partial charge in [0, 0.05) is 6.54 Å². The molecule has 0 radical (unpaired) electrons. The molecular weight excluding hydrogens is 192 g/mol. The molecule has 2 fully saturated rings. The minimum Gasteiger partial charge on any atom is -0.316 e. The van der Waals surface area contributed by atoms with Gasteiger partial charge in [0.15, 0.2) is 0 Å². The fourth-order valence-electron chi connectivity index (χ4n) is 2.60. The molecule has 1 atom stereocenters. The molecule has 4 nitrogen and oxygen atoms in total. The first-order valence-corrected chi connectivity index (χ1v) is 5.94. The second-order valence-electron chi connectivity index (χ2n) is 4.55. The summed E-state index contributed by atoms with van der Waals surface area (Å²) < 4.78 is 0. The van der Waals surface area contributed by atoms with Gasteiger partial charge in [0.1, 0.15) is 0 Å². The fraction of sp³-hybridized carbons (Fsp3) is 0.909. The van der Waals surface area contributed by atoms with E-state index in [1.54, 1.807) is 5.06 Å². The molecule has 1 unspecified atom stereocenters. The Balaban J connectivity index is 2.06. The molecule has 0 spiro atoms. The molecule has 0 aliphatic carbocycles. The van der Waals surface area contributed by atoms with Crippen molar-refractivity contribution in [2.45, 2.75) is 32.6 Å². The lowest BCUT2D eigenvalue weighted by atomic mass is 9.81. The molecule has 2 heterocycles. The van der Waals surface area contributed by atoms with Gasteiger partial charge in [-0.2, -0.15) is 0 Å². The Hall–Kier alpha value is -0.610. The van der Waals surface area contributed by atoms with E-state index in [-0.39, 0.29) is 11.3 Å². The van der Waals surface area contributed by atoms with Crippen molar-refractivity contribution in [2.24, 2.45) is 5.41 Å². The van der Waals surface area contributed by atoms with Gasteiger partial charge in [-0.05, 0) is 25.8 Å². The molecule has 0 aromatic carbocycles. The Morgan fingerprint density at radius 1 is 1.60 bits per heavy atom. The van der Waals surface area contributed by atoms with Crippen molar-refractivity contribution < 1.29 is 9.63 Å². The summed E-state index contributed by atoms with van der Waals surface area (Å²) in [5, 5.41) is 4.89. The summed E-state index contributed by atoms with van der Waals surface area (Å²) in [5.41, 5.74) is -0.181. The Morgan fingerprint density at radius 3 is 3.00 bits per heavy atom. The predicted octanol–water partition coefficient (Wildman–Crippen LogP) is 0.930. The van der Waals surface area contributed by atoms with Crippen molar-refractivity contribution in [1.82, 2.24) is 10.4 Å². The smallest absolute Gasteiger partial charge is 0.253 e. The average Bonchev–Trinajstić information content (AvgIpc) is 2.88. The largest absolute Gasteiger partial charge is 0.316 e. The summed E-state index contributed by atoms with van der Waals surface area (Å²) >= 11 is 0. The van der Waals surface area contributed by atoms with E-state index in [0.717, 1.165) is 45.3 Å². The maximum atomic E-state index is 12.3. The standard InChI is InChI=1S/C11H20N2O2/c1-2-4-11(5-6-12-9-11)10(14)13-7-3-8-15-13/h12H,2-9H2,1H3. The summed E-state index contributed by atoms with van der Waals surface area (Å²) in [6.07, 6.45) is 3.96. The van der Waals surface area contributed by atoms with Crippen LogP contribution in [-0.4, -0.2) is 37.2 Å². The number of carbonyl (C=O) groups excluding carboxylic acids is 1. The fourth-order valence-corrected chi connectivity index (χ4v) is 2.60. The third-order valence-electron chi connectivity index (χ3n) is 3.41. The van der Waals surface area contributed by atoms with Crippen LogP contribution in [-0.2, 0) is 9.63 Å². The molecule has 2 aliphatic rings. The second-order valence-corrected chi connectivity index (χ2v) is 4.55. The molecule has 86 valence electrons. The van der Waals surface area contributed by atoms with Gasteiger partial charge in [0.2, 0.25) is 0 Å². The molecule has 0 aromatic heterocycles. The maximum absolute atomic E-state index is 12.3. The molecule has 2 rings (SSSR count). The zero-order chi connectivity index (χ0) is 10.7. The van der Waals surface area contributed by atoms with Crippen LogP contribution in [0.1, 0.15) is 32.6 Å². The van der Waals surface area contributed by atoms with Gasteiger partial charge < -0.3 is 5.32 Å². The monoisotopic (exact) mass is 212 g/mol. The Labute approximate surface area is 90.9 Å². The third kappa shape index (κ3) is 2.01. The lowest BCUT2D eigenvalue weighted by molar-refractivity contribution is -0.179. The minimum absolute atomic E-state index is 0.181. The number of hydrogen-bond acceptors (Lipinski definition) is 3. The van der Waals surface area contributed by atoms with Crippen molar-refractivity contribution >= 4 is 5.91 Å². The van der Waals surface area contributed by atoms with E-state index >= 15 is 0 Å². The molecule has 0 saturated carbocycles. The van der Waals surface area contributed by atoms with Crippen LogP contribution in [0, 0.1) is 5.41 Å². The first-order chi connectivity index (χ1) is 7.28. The molecular formula is C11H20N2O2. The second kappa shape index (κ2) is 4.49. The van der Waals surface area contributed by atoms with Crippen molar-refractivity contribution in [3.63, 3.8) is 0 Å². The van der Waals surface area contributed by atoms with Crippen molar-refractivity contribution in [2.75, 3.05) is 26.2 Å². The molecule has 15 heavy (non-hydrogen) atoms. The van der Waals surface area contributed by atoms with Crippen LogP contribution >= 0.6 is 0 Å². The van der Waals surface area contributed by atoms with Crippen LogP contribution in [0.2, 0.25) is 0 Å². The molecule has 4 heteroatoms. The minimum atomic E-state index is -0.181. The van der Waals surface area contributed by atoms with E-state index in [1.807, 2.05) is 0 Å². The van der Waals surface area contributed by atoms with Crippen molar-refractivity contribution in [3.8, 4) is 0 Å². The predicted molar refractivity (Wildman–Crippen MR) is 57.1 cm³/mol. The maximum Gasteiger partial charge on any atom is 0.253 e. The van der Waals surface area contributed by atoms with Gasteiger partial charge in [-0.3, -0.25) is 9.63 Å². The summed E-state index contributed by atoms with van der Waals surface area (Å²) in [7, 11) is 0. The van der Waals surface area contributed by atoms with E-state index in [1.165, 1.54) is 0 Å². The highest BCUT2D eigenvalue weighted by molar-refractivity contribution is 5.82. The Kier molecular flexibility index (Phi) is 3.26. The van der Waals surface area contributed by atoms with E-state index in [4.69, 9.17) is 4.84 Å². The average molecular weight is 212 g/mol. The molecule has 1 amide bonds. The van der Waals surface area contributed by atoms with Crippen LogP contribution < -0.4 is 5.32 Å². The number of rotatable bonds is 3. The highest BCUT2D eigenvalue weighted by Gasteiger charge is 2.43. The van der Waals surface area contributed by atoms with E-state index in [2.05, 4.69) is 12.2 Å². The lowest BCUT2D eigenvalue weighted by Gasteiger charge is -2.30. The first-order valence-electron chi connectivity index (χ1n) is 5.94. The number of hydrogen-bond donors (Lipinski definition) is 1. The van der Waals surface area contributed by atoms with Gasteiger partial charge >= 0.3 is 0 Å². The SMILES string of the molecule is CCCC1(C(=O)N2CCCO2)CCNC1. The zero-order valence-corrected chi connectivity index (χ0v) is 9.42. The number of nitrogens with one attached hydrogen (secondary N) is 1. The van der Waals surface area contributed by atoms with Crippen LogP contribution in [0.5, 0.6) is 0 Å². The van der Waals surface area contributed by atoms with Crippen LogP contribution in [0.3, 0.4) is 0 Å². The highest BCUT2D eigenvalue weighted by Crippen LogP contribution is 2.34. The first kappa shape index (κ1) is 10.9. The van der Waals surface area contributed by atoms with Crippen molar-refractivity contribution in [1.29, 1.82) is 0 Å². The number of nitrogens with zero attached hydrogens (tertiary/aromatic N) is 1. The van der Waals surface area contributed by atoms with Gasteiger partial charge in [-0.15, -0.1) is 0 Å². The summed E-state index contributed by atoms with van der Waals surface area (Å²) in [6.45, 7) is 5.38. The lowest BCUT2D eigenvalue weighted by Crippen LogP contribution is -2.43. The molecule has 0 aromatic rings. The Bertz CT molecular complexity index is 231. The Morgan fingerprint density at radius 2 is 2.47 bits per heavy atom. The van der Waals surface area contributed by atoms with Crippen molar-refractivity contribution in [3.05, 3.63) is 0 Å². The summed E-state index contributed by atoms with van der Waals surface area (Å²) in [5.74, 6) is 0.201. The quantitative estimate of drug-likeness (QED) is 0.756. The topological polar surface area (TPSA) is 41.6 Å². The van der Waals surface area contributed by atoms with Crippen LogP contribution in [0.4, 0.5) is 0 Å². The van der Waals surface area contributed by atoms with E-state index < -0.39 is 0 Å². The van der Waals surface area contributed by atoms with Crippen LogP contribution in [0.15, 0.2) is 0 Å². The number of amides is 1. The summed E-state index contributed by atoms with van der Waals surface area (Å²) in [6, 6.07) is 0. The third-order valence-corrected chi connectivity index (χ3v) is 3.41. The van der Waals surface area contributed by atoms with E-state index in [0.29, 0.717) is 6.61 Å². The molecule has 0 bridgehead atoms. The number of hydroxylamine groups is 2.